The van der Waals surface area contributed by atoms with E-state index in [1.165, 1.54) is 5.56 Å². The number of hydrogen-bond acceptors (Lipinski definition) is 6. The van der Waals surface area contributed by atoms with Crippen molar-refractivity contribution in [3.05, 3.63) is 59.7 Å². The number of carbonyl (C=O) groups is 3. The fourth-order valence-electron chi connectivity index (χ4n) is 3.85. The minimum absolute atomic E-state index is 0.0399. The van der Waals surface area contributed by atoms with E-state index in [0.29, 0.717) is 6.61 Å². The first-order valence-electron chi connectivity index (χ1n) is 11.6. The van der Waals surface area contributed by atoms with Crippen LogP contribution >= 0.6 is 0 Å². The van der Waals surface area contributed by atoms with E-state index in [2.05, 4.69) is 28.4 Å². The van der Waals surface area contributed by atoms with Crippen molar-refractivity contribution in [1.82, 2.24) is 10.2 Å². The number of likely N-dealkylation sites (tertiary alicyclic amines) is 1. The van der Waals surface area contributed by atoms with Crippen LogP contribution in [0.5, 0.6) is 11.5 Å². The van der Waals surface area contributed by atoms with Crippen LogP contribution in [0.15, 0.2) is 48.5 Å². The van der Waals surface area contributed by atoms with Gasteiger partial charge in [0, 0.05) is 12.5 Å². The molecule has 190 valence electrons. The fraction of sp³-hybridized carbons (Fsp3) is 0.423. The SMILES string of the molecule is CCOc1ccc(CN2CCC(C(=O)N[C@H](C)c3ccccc3)CC2)cc1OC.O=C(O)C(=O)O. The molecule has 9 heteroatoms. The maximum atomic E-state index is 12.7. The number of methoxy groups -OCH3 is 1. The lowest BCUT2D eigenvalue weighted by atomic mass is 9.95. The summed E-state index contributed by atoms with van der Waals surface area (Å²) in [5.41, 5.74) is 2.34. The third kappa shape index (κ3) is 8.94. The van der Waals surface area contributed by atoms with Crippen molar-refractivity contribution in [2.45, 2.75) is 39.3 Å². The van der Waals surface area contributed by atoms with Crippen LogP contribution in [0, 0.1) is 5.92 Å². The molecule has 1 saturated heterocycles. The van der Waals surface area contributed by atoms with Gasteiger partial charge in [0.15, 0.2) is 11.5 Å². The van der Waals surface area contributed by atoms with Crippen molar-refractivity contribution in [2.24, 2.45) is 5.92 Å². The summed E-state index contributed by atoms with van der Waals surface area (Å²) in [5, 5.41) is 18.0. The van der Waals surface area contributed by atoms with Crippen LogP contribution in [-0.4, -0.2) is 59.8 Å². The standard InChI is InChI=1S/C24H32N2O3.C2H2O4/c1-4-29-22-11-10-19(16-23(22)28-3)17-26-14-12-21(13-15-26)24(27)25-18(2)20-8-6-5-7-9-20;3-1(4)2(5)6/h5-11,16,18,21H,4,12-15,17H2,1-3H3,(H,25,27);(H,3,4)(H,5,6)/t18-;/m1./s1. The number of nitrogens with one attached hydrogen (secondary N) is 1. The van der Waals surface area contributed by atoms with Crippen LogP contribution in [0.2, 0.25) is 0 Å². The number of nitrogens with zero attached hydrogens (tertiary/aromatic N) is 1. The molecular formula is C26H34N2O7. The van der Waals surface area contributed by atoms with Crippen molar-refractivity contribution in [3.8, 4) is 11.5 Å². The van der Waals surface area contributed by atoms with E-state index in [-0.39, 0.29) is 17.9 Å². The van der Waals surface area contributed by atoms with Crippen LogP contribution in [0.25, 0.3) is 0 Å². The van der Waals surface area contributed by atoms with Gasteiger partial charge in [-0.2, -0.15) is 0 Å². The molecule has 0 radical (unpaired) electrons. The van der Waals surface area contributed by atoms with Crippen molar-refractivity contribution in [2.75, 3.05) is 26.8 Å². The number of hydrogen-bond donors (Lipinski definition) is 3. The number of amides is 1. The highest BCUT2D eigenvalue weighted by molar-refractivity contribution is 6.27. The van der Waals surface area contributed by atoms with Gasteiger partial charge in [-0.25, -0.2) is 9.59 Å². The highest BCUT2D eigenvalue weighted by Crippen LogP contribution is 2.29. The number of aliphatic carboxylic acids is 2. The van der Waals surface area contributed by atoms with Gasteiger partial charge < -0.3 is 25.0 Å². The molecule has 1 aliphatic heterocycles. The molecule has 35 heavy (non-hydrogen) atoms. The first-order valence-corrected chi connectivity index (χ1v) is 11.6. The Kier molecular flexibility index (Phi) is 11.0. The van der Waals surface area contributed by atoms with E-state index >= 15 is 0 Å². The summed E-state index contributed by atoms with van der Waals surface area (Å²) < 4.78 is 11.0. The summed E-state index contributed by atoms with van der Waals surface area (Å²) in [4.78, 5) is 33.3. The molecule has 3 rings (SSSR count). The Morgan fingerprint density at radius 2 is 1.66 bits per heavy atom. The number of piperidine rings is 1. The molecule has 1 fully saturated rings. The summed E-state index contributed by atoms with van der Waals surface area (Å²) in [6.45, 7) is 7.34. The zero-order valence-corrected chi connectivity index (χ0v) is 20.4. The highest BCUT2D eigenvalue weighted by atomic mass is 16.5. The number of carboxylic acids is 2. The lowest BCUT2D eigenvalue weighted by Gasteiger charge is -2.32. The summed E-state index contributed by atoms with van der Waals surface area (Å²) >= 11 is 0. The predicted octanol–water partition coefficient (Wildman–Crippen LogP) is 3.34. The quantitative estimate of drug-likeness (QED) is 0.485. The van der Waals surface area contributed by atoms with Crippen LogP contribution in [-0.2, 0) is 20.9 Å². The highest BCUT2D eigenvalue weighted by Gasteiger charge is 2.26. The van der Waals surface area contributed by atoms with E-state index in [9.17, 15) is 4.79 Å². The van der Waals surface area contributed by atoms with E-state index in [4.69, 9.17) is 29.3 Å². The molecule has 0 spiro atoms. The molecule has 0 unspecified atom stereocenters. The third-order valence-electron chi connectivity index (χ3n) is 5.73. The molecule has 1 atom stereocenters. The van der Waals surface area contributed by atoms with Gasteiger partial charge in [0.2, 0.25) is 5.91 Å². The Hall–Kier alpha value is -3.59. The average molecular weight is 487 g/mol. The van der Waals surface area contributed by atoms with Crippen LogP contribution in [0.4, 0.5) is 0 Å². The Bertz CT molecular complexity index is 961. The first kappa shape index (κ1) is 27.7. The van der Waals surface area contributed by atoms with E-state index in [1.54, 1.807) is 7.11 Å². The van der Waals surface area contributed by atoms with Gasteiger partial charge in [-0.3, -0.25) is 9.69 Å². The van der Waals surface area contributed by atoms with Gasteiger partial charge in [-0.05, 0) is 63.0 Å². The number of carboxylic acid groups (broad SMARTS) is 2. The molecule has 2 aromatic rings. The van der Waals surface area contributed by atoms with Gasteiger partial charge >= 0.3 is 11.9 Å². The molecule has 2 aromatic carbocycles. The molecular weight excluding hydrogens is 452 g/mol. The Labute approximate surface area is 205 Å². The van der Waals surface area contributed by atoms with Crippen LogP contribution < -0.4 is 14.8 Å². The second kappa shape index (κ2) is 14.0. The molecule has 0 bridgehead atoms. The van der Waals surface area contributed by atoms with Gasteiger partial charge in [0.1, 0.15) is 0 Å². The molecule has 1 heterocycles. The van der Waals surface area contributed by atoms with Crippen molar-refractivity contribution in [3.63, 3.8) is 0 Å². The largest absolute Gasteiger partial charge is 0.493 e. The first-order chi connectivity index (χ1) is 16.7. The van der Waals surface area contributed by atoms with Gasteiger partial charge in [0.05, 0.1) is 19.8 Å². The van der Waals surface area contributed by atoms with Gasteiger partial charge in [0.25, 0.3) is 0 Å². The van der Waals surface area contributed by atoms with Crippen molar-refractivity contribution >= 4 is 17.8 Å². The summed E-state index contributed by atoms with van der Waals surface area (Å²) in [5.74, 6) is -1.84. The summed E-state index contributed by atoms with van der Waals surface area (Å²) in [7, 11) is 1.67. The van der Waals surface area contributed by atoms with E-state index in [0.717, 1.165) is 49.5 Å². The molecule has 3 N–H and O–H groups in total. The Morgan fingerprint density at radius 3 is 2.20 bits per heavy atom. The van der Waals surface area contributed by atoms with Crippen LogP contribution in [0.3, 0.4) is 0 Å². The molecule has 0 aromatic heterocycles. The minimum Gasteiger partial charge on any atom is -0.493 e. The van der Waals surface area contributed by atoms with Crippen molar-refractivity contribution < 1.29 is 34.1 Å². The second-order valence-corrected chi connectivity index (χ2v) is 8.22. The van der Waals surface area contributed by atoms with Crippen molar-refractivity contribution in [1.29, 1.82) is 0 Å². The topological polar surface area (TPSA) is 125 Å². The second-order valence-electron chi connectivity index (χ2n) is 8.22. The van der Waals surface area contributed by atoms with E-state index < -0.39 is 11.9 Å². The number of rotatable bonds is 8. The molecule has 1 aliphatic rings. The number of benzene rings is 2. The molecule has 9 nitrogen and oxygen atoms in total. The predicted molar refractivity (Wildman–Crippen MR) is 130 cm³/mol. The zero-order chi connectivity index (χ0) is 25.8. The maximum absolute atomic E-state index is 12.7. The lowest BCUT2D eigenvalue weighted by Crippen LogP contribution is -2.40. The fourth-order valence-corrected chi connectivity index (χ4v) is 3.85. The molecule has 1 amide bonds. The monoisotopic (exact) mass is 486 g/mol. The molecule has 0 saturated carbocycles. The summed E-state index contributed by atoms with van der Waals surface area (Å²) in [6.07, 6.45) is 1.78. The minimum atomic E-state index is -1.82. The maximum Gasteiger partial charge on any atom is 0.414 e. The lowest BCUT2D eigenvalue weighted by molar-refractivity contribution is -0.159. The smallest absolute Gasteiger partial charge is 0.414 e. The summed E-state index contributed by atoms with van der Waals surface area (Å²) in [6, 6.07) is 16.3. The van der Waals surface area contributed by atoms with E-state index in [1.807, 2.05) is 44.2 Å². The van der Waals surface area contributed by atoms with Gasteiger partial charge in [-0.15, -0.1) is 0 Å². The molecule has 0 aliphatic carbocycles. The normalized spacial score (nSPS) is 14.7. The zero-order valence-electron chi connectivity index (χ0n) is 20.4. The Balaban J connectivity index is 0.000000641. The average Bonchev–Trinajstić information content (AvgIpc) is 2.86. The Morgan fingerprint density at radius 1 is 1.03 bits per heavy atom. The number of ether oxygens (including phenoxy) is 2. The van der Waals surface area contributed by atoms with Gasteiger partial charge in [-0.1, -0.05) is 36.4 Å². The third-order valence-corrected chi connectivity index (χ3v) is 5.73. The van der Waals surface area contributed by atoms with Crippen LogP contribution in [0.1, 0.15) is 43.9 Å². The number of carbonyl (C=O) groups excluding carboxylic acids is 1.